The van der Waals surface area contributed by atoms with Crippen LogP contribution in [-0.2, 0) is 11.3 Å². The van der Waals surface area contributed by atoms with E-state index < -0.39 is 0 Å². The van der Waals surface area contributed by atoms with Gasteiger partial charge in [-0.1, -0.05) is 0 Å². The van der Waals surface area contributed by atoms with Gasteiger partial charge in [0.25, 0.3) is 0 Å². The highest BCUT2D eigenvalue weighted by Crippen LogP contribution is 2.17. The molecule has 0 amide bonds. The maximum Gasteiger partial charge on any atom is 0.227 e. The summed E-state index contributed by atoms with van der Waals surface area (Å²) in [6.07, 6.45) is 6.98. The molecule has 0 saturated carbocycles. The predicted molar refractivity (Wildman–Crippen MR) is 100 cm³/mol. The Labute approximate surface area is 154 Å². The van der Waals surface area contributed by atoms with Crippen LogP contribution < -0.4 is 10.2 Å². The van der Waals surface area contributed by atoms with Crippen molar-refractivity contribution < 1.29 is 4.74 Å². The lowest BCUT2D eigenvalue weighted by molar-refractivity contribution is 0.122. The van der Waals surface area contributed by atoms with Gasteiger partial charge in [0.1, 0.15) is 5.82 Å². The Morgan fingerprint density at radius 3 is 2.92 bits per heavy atom. The summed E-state index contributed by atoms with van der Waals surface area (Å²) in [6, 6.07) is 2.39. The van der Waals surface area contributed by atoms with E-state index in [0.29, 0.717) is 6.04 Å². The summed E-state index contributed by atoms with van der Waals surface area (Å²) < 4.78 is 7.43. The number of anilines is 2. The Bertz CT molecular complexity index is 713. The molecule has 2 aliphatic heterocycles. The van der Waals surface area contributed by atoms with Crippen LogP contribution in [0, 0.1) is 6.92 Å². The van der Waals surface area contributed by atoms with E-state index >= 15 is 0 Å². The normalized spacial score (nSPS) is 21.3. The smallest absolute Gasteiger partial charge is 0.227 e. The first-order valence-electron chi connectivity index (χ1n) is 9.40. The molecular weight excluding hydrogens is 330 g/mol. The van der Waals surface area contributed by atoms with E-state index in [0.717, 1.165) is 70.7 Å². The van der Waals surface area contributed by atoms with E-state index in [1.807, 2.05) is 23.1 Å². The van der Waals surface area contributed by atoms with Gasteiger partial charge in [-0.15, -0.1) is 0 Å². The number of nitrogens with one attached hydrogen (secondary N) is 1. The molecule has 0 radical (unpaired) electrons. The highest BCUT2D eigenvalue weighted by Gasteiger charge is 2.23. The van der Waals surface area contributed by atoms with Crippen LogP contribution in [0.15, 0.2) is 24.7 Å². The lowest BCUT2D eigenvalue weighted by Crippen LogP contribution is -2.37. The Hall–Kier alpha value is -2.19. The van der Waals surface area contributed by atoms with Crippen LogP contribution in [0.2, 0.25) is 0 Å². The molecule has 8 heteroatoms. The largest absolute Gasteiger partial charge is 0.378 e. The number of hydrogen-bond acceptors (Lipinski definition) is 7. The molecule has 8 nitrogen and oxygen atoms in total. The standard InChI is InChI=1S/C18H27N7O/c1-15-12-20-25(13-15)7-6-23-5-3-16(14-23)21-17-2-4-19-18(22-17)24-8-10-26-11-9-24/h2,4,12-13,16H,3,5-11,14H2,1H3,(H,19,21,22). The number of morpholine rings is 1. The average molecular weight is 357 g/mol. The zero-order chi connectivity index (χ0) is 17.8. The van der Waals surface area contributed by atoms with Crippen molar-refractivity contribution in [2.45, 2.75) is 25.9 Å². The molecule has 1 N–H and O–H groups in total. The lowest BCUT2D eigenvalue weighted by Gasteiger charge is -2.27. The van der Waals surface area contributed by atoms with Crippen molar-refractivity contribution in [1.29, 1.82) is 0 Å². The van der Waals surface area contributed by atoms with Gasteiger partial charge >= 0.3 is 0 Å². The molecule has 2 aromatic heterocycles. The van der Waals surface area contributed by atoms with Crippen molar-refractivity contribution in [2.75, 3.05) is 56.2 Å². The van der Waals surface area contributed by atoms with Gasteiger partial charge in [0, 0.05) is 51.2 Å². The third-order valence-corrected chi connectivity index (χ3v) is 4.97. The van der Waals surface area contributed by atoms with Gasteiger partial charge in [0.05, 0.1) is 26.0 Å². The predicted octanol–water partition coefficient (Wildman–Crippen LogP) is 1.00. The van der Waals surface area contributed by atoms with Crippen LogP contribution in [0.4, 0.5) is 11.8 Å². The highest BCUT2D eigenvalue weighted by molar-refractivity contribution is 5.42. The fraction of sp³-hybridized carbons (Fsp3) is 0.611. The highest BCUT2D eigenvalue weighted by atomic mass is 16.5. The first-order valence-corrected chi connectivity index (χ1v) is 9.40. The zero-order valence-corrected chi connectivity index (χ0v) is 15.3. The topological polar surface area (TPSA) is 71.3 Å². The van der Waals surface area contributed by atoms with Crippen LogP contribution >= 0.6 is 0 Å². The van der Waals surface area contributed by atoms with Gasteiger partial charge in [-0.2, -0.15) is 10.1 Å². The molecular formula is C18H27N7O. The Morgan fingerprint density at radius 1 is 1.23 bits per heavy atom. The molecule has 2 aromatic rings. The molecule has 0 aliphatic carbocycles. The summed E-state index contributed by atoms with van der Waals surface area (Å²) in [5.74, 6) is 1.71. The molecule has 140 valence electrons. The minimum absolute atomic E-state index is 0.432. The van der Waals surface area contributed by atoms with Crippen LogP contribution in [0.25, 0.3) is 0 Å². The molecule has 1 atom stereocenters. The van der Waals surface area contributed by atoms with Gasteiger partial charge in [-0.05, 0) is 25.0 Å². The second kappa shape index (κ2) is 8.01. The second-order valence-corrected chi connectivity index (χ2v) is 7.05. The molecule has 0 spiro atoms. The van der Waals surface area contributed by atoms with Crippen molar-refractivity contribution in [3.8, 4) is 0 Å². The van der Waals surface area contributed by atoms with Crippen LogP contribution in [0.5, 0.6) is 0 Å². The summed E-state index contributed by atoms with van der Waals surface area (Å²) in [6.45, 7) is 9.39. The Kier molecular flexibility index (Phi) is 5.31. The molecule has 0 aromatic carbocycles. The number of ether oxygens (including phenoxy) is 1. The van der Waals surface area contributed by atoms with Gasteiger partial charge in [-0.3, -0.25) is 9.58 Å². The van der Waals surface area contributed by atoms with E-state index in [4.69, 9.17) is 9.72 Å². The van der Waals surface area contributed by atoms with Gasteiger partial charge < -0.3 is 15.0 Å². The van der Waals surface area contributed by atoms with Gasteiger partial charge in [-0.25, -0.2) is 4.98 Å². The van der Waals surface area contributed by atoms with Crippen molar-refractivity contribution >= 4 is 11.8 Å². The summed E-state index contributed by atoms with van der Waals surface area (Å²) in [7, 11) is 0. The first-order chi connectivity index (χ1) is 12.8. The third-order valence-electron chi connectivity index (χ3n) is 4.97. The summed E-state index contributed by atoms with van der Waals surface area (Å²) in [5.41, 5.74) is 1.21. The molecule has 2 fully saturated rings. The summed E-state index contributed by atoms with van der Waals surface area (Å²) >= 11 is 0. The van der Waals surface area contributed by atoms with Crippen molar-refractivity contribution in [3.05, 3.63) is 30.2 Å². The fourth-order valence-electron chi connectivity index (χ4n) is 3.54. The molecule has 2 saturated heterocycles. The molecule has 4 rings (SSSR count). The number of aromatic nitrogens is 4. The SMILES string of the molecule is Cc1cnn(CCN2CCC(Nc3ccnc(N4CCOCC4)n3)C2)c1. The second-order valence-electron chi connectivity index (χ2n) is 7.05. The van der Waals surface area contributed by atoms with Crippen molar-refractivity contribution in [1.82, 2.24) is 24.6 Å². The molecule has 26 heavy (non-hydrogen) atoms. The van der Waals surface area contributed by atoms with E-state index in [9.17, 15) is 0 Å². The number of hydrogen-bond donors (Lipinski definition) is 1. The Morgan fingerprint density at radius 2 is 2.12 bits per heavy atom. The summed E-state index contributed by atoms with van der Waals surface area (Å²) in [4.78, 5) is 13.8. The first kappa shape index (κ1) is 17.2. The summed E-state index contributed by atoms with van der Waals surface area (Å²) in [5, 5.41) is 7.94. The van der Waals surface area contributed by atoms with Crippen molar-refractivity contribution in [3.63, 3.8) is 0 Å². The monoisotopic (exact) mass is 357 g/mol. The average Bonchev–Trinajstić information content (AvgIpc) is 3.30. The van der Waals surface area contributed by atoms with E-state index in [1.54, 1.807) is 0 Å². The minimum Gasteiger partial charge on any atom is -0.378 e. The number of likely N-dealkylation sites (tertiary alicyclic amines) is 1. The number of rotatable bonds is 6. The van der Waals surface area contributed by atoms with E-state index in [-0.39, 0.29) is 0 Å². The maximum atomic E-state index is 5.40. The minimum atomic E-state index is 0.432. The molecule has 2 aliphatic rings. The number of aryl methyl sites for hydroxylation is 1. The van der Waals surface area contributed by atoms with Crippen molar-refractivity contribution in [2.24, 2.45) is 0 Å². The maximum absolute atomic E-state index is 5.40. The van der Waals surface area contributed by atoms with E-state index in [1.165, 1.54) is 5.56 Å². The zero-order valence-electron chi connectivity index (χ0n) is 15.3. The molecule has 4 heterocycles. The fourth-order valence-corrected chi connectivity index (χ4v) is 3.54. The van der Waals surface area contributed by atoms with Gasteiger partial charge in [0.2, 0.25) is 5.95 Å². The number of nitrogens with zero attached hydrogens (tertiary/aromatic N) is 6. The molecule has 0 bridgehead atoms. The van der Waals surface area contributed by atoms with E-state index in [2.05, 4.69) is 38.3 Å². The quantitative estimate of drug-likeness (QED) is 0.827. The van der Waals surface area contributed by atoms with Crippen LogP contribution in [0.3, 0.4) is 0 Å². The van der Waals surface area contributed by atoms with Crippen LogP contribution in [0.1, 0.15) is 12.0 Å². The molecule has 1 unspecified atom stereocenters. The van der Waals surface area contributed by atoms with Gasteiger partial charge in [0.15, 0.2) is 0 Å². The van der Waals surface area contributed by atoms with Crippen LogP contribution in [-0.4, -0.2) is 76.6 Å². The Balaban J connectivity index is 1.28. The lowest BCUT2D eigenvalue weighted by atomic mass is 10.2. The third kappa shape index (κ3) is 4.31.